The van der Waals surface area contributed by atoms with Crippen molar-refractivity contribution in [3.05, 3.63) is 71.8 Å². The zero-order valence-electron chi connectivity index (χ0n) is 17.7. The second kappa shape index (κ2) is 11.6. The van der Waals surface area contributed by atoms with Crippen LogP contribution in [0.25, 0.3) is 0 Å². The molecule has 2 aromatic rings. The summed E-state index contributed by atoms with van der Waals surface area (Å²) in [5.74, 6) is 0.863. The maximum absolute atomic E-state index is 5.74. The maximum atomic E-state index is 5.74. The van der Waals surface area contributed by atoms with E-state index in [1.807, 2.05) is 25.2 Å². The van der Waals surface area contributed by atoms with Crippen LogP contribution in [-0.2, 0) is 17.9 Å². The molecule has 2 aromatic carbocycles. The normalized spacial score (nSPS) is 20.4. The molecule has 1 aliphatic rings. The fourth-order valence-electron chi connectivity index (χ4n) is 3.80. The number of aliphatic imine (C=N–C) groups is 1. The van der Waals surface area contributed by atoms with Crippen LogP contribution in [0.3, 0.4) is 0 Å². The minimum Gasteiger partial charge on any atom is -0.375 e. The van der Waals surface area contributed by atoms with Crippen LogP contribution in [0.2, 0.25) is 0 Å². The monoisotopic (exact) mass is 394 g/mol. The Balaban J connectivity index is 1.34. The zero-order chi connectivity index (χ0) is 20.3. The highest BCUT2D eigenvalue weighted by molar-refractivity contribution is 5.79. The van der Waals surface area contributed by atoms with Gasteiger partial charge in [-0.05, 0) is 30.9 Å². The predicted octanol–water partition coefficient (Wildman–Crippen LogP) is 3.42. The molecule has 0 saturated carbocycles. The lowest BCUT2D eigenvalue weighted by Crippen LogP contribution is -2.51. The van der Waals surface area contributed by atoms with E-state index in [4.69, 9.17) is 4.74 Å². The molecule has 0 radical (unpaired) electrons. The summed E-state index contributed by atoms with van der Waals surface area (Å²) in [5.41, 5.74) is 2.59. The summed E-state index contributed by atoms with van der Waals surface area (Å²) in [6, 6.07) is 22.0. The van der Waals surface area contributed by atoms with Gasteiger partial charge in [-0.15, -0.1) is 0 Å². The van der Waals surface area contributed by atoms with Crippen molar-refractivity contribution in [1.29, 1.82) is 0 Å². The van der Waals surface area contributed by atoms with Crippen LogP contribution in [-0.4, -0.2) is 49.7 Å². The van der Waals surface area contributed by atoms with Gasteiger partial charge in [0.2, 0.25) is 0 Å². The first kappa shape index (κ1) is 21.3. The molecular weight excluding hydrogens is 360 g/mol. The number of piperidine rings is 1. The average molecular weight is 395 g/mol. The molecule has 1 saturated heterocycles. The largest absolute Gasteiger partial charge is 0.375 e. The van der Waals surface area contributed by atoms with Gasteiger partial charge in [0.05, 0.1) is 13.2 Å². The Bertz CT molecular complexity index is 735. The van der Waals surface area contributed by atoms with Crippen molar-refractivity contribution >= 4 is 5.96 Å². The summed E-state index contributed by atoms with van der Waals surface area (Å²) in [5, 5.41) is 6.95. The Labute approximate surface area is 175 Å². The number of rotatable bonds is 8. The quantitative estimate of drug-likeness (QED) is 0.409. The van der Waals surface area contributed by atoms with Crippen LogP contribution in [0.1, 0.15) is 30.9 Å². The molecule has 0 amide bonds. The minimum atomic E-state index is 0.452. The number of likely N-dealkylation sites (tertiary alicyclic amines) is 1. The van der Waals surface area contributed by atoms with Gasteiger partial charge in [-0.25, -0.2) is 0 Å². The van der Waals surface area contributed by atoms with Gasteiger partial charge < -0.3 is 15.4 Å². The smallest absolute Gasteiger partial charge is 0.191 e. The molecule has 0 bridgehead atoms. The van der Waals surface area contributed by atoms with Crippen LogP contribution in [0.4, 0.5) is 0 Å². The molecule has 2 atom stereocenters. The summed E-state index contributed by atoms with van der Waals surface area (Å²) in [7, 11) is 1.83. The van der Waals surface area contributed by atoms with E-state index >= 15 is 0 Å². The molecule has 1 fully saturated rings. The van der Waals surface area contributed by atoms with E-state index in [0.717, 1.165) is 38.4 Å². The number of nitrogens with one attached hydrogen (secondary N) is 2. The second-order valence-corrected chi connectivity index (χ2v) is 7.71. The molecule has 0 aliphatic carbocycles. The molecule has 5 heteroatoms. The maximum Gasteiger partial charge on any atom is 0.191 e. The molecular formula is C24H34N4O. The van der Waals surface area contributed by atoms with Crippen LogP contribution in [0.5, 0.6) is 0 Å². The molecule has 1 aliphatic heterocycles. The molecule has 156 valence electrons. The Morgan fingerprint density at radius 1 is 1.07 bits per heavy atom. The van der Waals surface area contributed by atoms with Crippen LogP contribution in [0.15, 0.2) is 65.7 Å². The highest BCUT2D eigenvalue weighted by Crippen LogP contribution is 2.19. The van der Waals surface area contributed by atoms with Crippen LogP contribution in [0, 0.1) is 0 Å². The van der Waals surface area contributed by atoms with Gasteiger partial charge >= 0.3 is 0 Å². The predicted molar refractivity (Wildman–Crippen MR) is 120 cm³/mol. The van der Waals surface area contributed by atoms with E-state index in [0.29, 0.717) is 25.3 Å². The highest BCUT2D eigenvalue weighted by atomic mass is 16.5. The Morgan fingerprint density at radius 2 is 1.76 bits per heavy atom. The van der Waals surface area contributed by atoms with E-state index in [-0.39, 0.29) is 0 Å². The van der Waals surface area contributed by atoms with Gasteiger partial charge in [0.15, 0.2) is 5.96 Å². The Morgan fingerprint density at radius 3 is 2.41 bits per heavy atom. The first-order chi connectivity index (χ1) is 14.2. The summed E-state index contributed by atoms with van der Waals surface area (Å²) in [6.45, 7) is 6.50. The van der Waals surface area contributed by atoms with E-state index < -0.39 is 0 Å². The summed E-state index contributed by atoms with van der Waals surface area (Å²) in [4.78, 5) is 6.95. The summed E-state index contributed by atoms with van der Waals surface area (Å²) < 4.78 is 5.74. The molecule has 0 aromatic heterocycles. The van der Waals surface area contributed by atoms with Gasteiger partial charge in [-0.1, -0.05) is 60.7 Å². The number of guanidine groups is 1. The number of ether oxygens (including phenoxy) is 1. The topological polar surface area (TPSA) is 48.9 Å². The summed E-state index contributed by atoms with van der Waals surface area (Å²) in [6.07, 6.45) is 2.25. The molecule has 2 N–H and O–H groups in total. The number of nitrogens with zero attached hydrogens (tertiary/aromatic N) is 2. The zero-order valence-corrected chi connectivity index (χ0v) is 17.7. The molecule has 2 unspecified atom stereocenters. The lowest BCUT2D eigenvalue weighted by atomic mass is 9.97. The van der Waals surface area contributed by atoms with Gasteiger partial charge in [0.1, 0.15) is 0 Å². The van der Waals surface area contributed by atoms with Gasteiger partial charge in [0.25, 0.3) is 0 Å². The van der Waals surface area contributed by atoms with E-state index in [9.17, 15) is 0 Å². The standard InChI is InChI=1S/C24H34N4O/c1-20-17-23(13-15-28(20)18-21-9-5-3-6-10-21)27-24(25-2)26-14-16-29-19-22-11-7-4-8-12-22/h3-12,20,23H,13-19H2,1-2H3,(H2,25,26,27). The van der Waals surface area contributed by atoms with Crippen molar-refractivity contribution in [3.8, 4) is 0 Å². The Hall–Kier alpha value is -2.37. The van der Waals surface area contributed by atoms with E-state index in [1.165, 1.54) is 11.1 Å². The molecule has 3 rings (SSSR count). The van der Waals surface area contributed by atoms with Crippen molar-refractivity contribution in [3.63, 3.8) is 0 Å². The average Bonchev–Trinajstić information content (AvgIpc) is 2.76. The summed E-state index contributed by atoms with van der Waals surface area (Å²) >= 11 is 0. The minimum absolute atomic E-state index is 0.452. The molecule has 0 spiro atoms. The fourth-order valence-corrected chi connectivity index (χ4v) is 3.80. The van der Waals surface area contributed by atoms with Gasteiger partial charge in [-0.2, -0.15) is 0 Å². The first-order valence-corrected chi connectivity index (χ1v) is 10.6. The molecule has 1 heterocycles. The number of hydrogen-bond donors (Lipinski definition) is 2. The van der Waals surface area contributed by atoms with Crippen molar-refractivity contribution in [2.45, 2.75) is 45.0 Å². The third kappa shape index (κ3) is 7.18. The third-order valence-electron chi connectivity index (χ3n) is 5.46. The highest BCUT2D eigenvalue weighted by Gasteiger charge is 2.25. The lowest BCUT2D eigenvalue weighted by Gasteiger charge is -2.38. The van der Waals surface area contributed by atoms with Crippen LogP contribution >= 0.6 is 0 Å². The van der Waals surface area contributed by atoms with Crippen molar-refractivity contribution in [2.75, 3.05) is 26.7 Å². The van der Waals surface area contributed by atoms with Gasteiger partial charge in [-0.3, -0.25) is 9.89 Å². The molecule has 29 heavy (non-hydrogen) atoms. The third-order valence-corrected chi connectivity index (χ3v) is 5.46. The number of benzene rings is 2. The first-order valence-electron chi connectivity index (χ1n) is 10.6. The van der Waals surface area contributed by atoms with Crippen LogP contribution < -0.4 is 10.6 Å². The SMILES string of the molecule is CN=C(NCCOCc1ccccc1)NC1CCN(Cc2ccccc2)C(C)C1. The van der Waals surface area contributed by atoms with Crippen molar-refractivity contribution in [2.24, 2.45) is 4.99 Å². The number of hydrogen-bond acceptors (Lipinski definition) is 3. The Kier molecular flexibility index (Phi) is 8.53. The lowest BCUT2D eigenvalue weighted by molar-refractivity contribution is 0.124. The van der Waals surface area contributed by atoms with Gasteiger partial charge in [0, 0.05) is 38.8 Å². The van der Waals surface area contributed by atoms with E-state index in [2.05, 4.69) is 69.9 Å². The van der Waals surface area contributed by atoms with Crippen molar-refractivity contribution < 1.29 is 4.74 Å². The van der Waals surface area contributed by atoms with Crippen molar-refractivity contribution in [1.82, 2.24) is 15.5 Å². The fraction of sp³-hybridized carbons (Fsp3) is 0.458. The second-order valence-electron chi connectivity index (χ2n) is 7.71. The molecule has 5 nitrogen and oxygen atoms in total. The van der Waals surface area contributed by atoms with E-state index in [1.54, 1.807) is 0 Å².